The minimum atomic E-state index is 0.000361. The Morgan fingerprint density at radius 3 is 2.73 bits per heavy atom. The van der Waals surface area contributed by atoms with Gasteiger partial charge in [-0.25, -0.2) is 9.55 Å². The van der Waals surface area contributed by atoms with Gasteiger partial charge in [-0.15, -0.1) is 11.3 Å². The smallest absolute Gasteiger partial charge is 0.268 e. The molecule has 4 rings (SSSR count). The maximum Gasteiger partial charge on any atom is 0.268 e. The molecule has 0 radical (unpaired) electrons. The van der Waals surface area contributed by atoms with Crippen LogP contribution >= 0.6 is 11.3 Å². The minimum Gasteiger partial charge on any atom is -0.395 e. The molecule has 0 saturated carbocycles. The number of benzene rings is 1. The van der Waals surface area contributed by atoms with Crippen molar-refractivity contribution in [3.05, 3.63) is 51.1 Å². The van der Waals surface area contributed by atoms with Crippen LogP contribution in [0.25, 0.3) is 15.9 Å². The van der Waals surface area contributed by atoms with E-state index in [1.54, 1.807) is 15.9 Å². The van der Waals surface area contributed by atoms with Crippen molar-refractivity contribution in [1.29, 1.82) is 0 Å². The molecule has 0 aliphatic heterocycles. The first-order valence-electron chi connectivity index (χ1n) is 9.15. The average molecular weight is 369 g/mol. The second-order valence-corrected chi connectivity index (χ2v) is 7.86. The quantitative estimate of drug-likeness (QED) is 0.718. The zero-order valence-corrected chi connectivity index (χ0v) is 15.8. The number of hydrogen-bond donors (Lipinski definition) is 1. The summed E-state index contributed by atoms with van der Waals surface area (Å²) in [4.78, 5) is 22.4. The Balaban J connectivity index is 2.02. The van der Waals surface area contributed by atoms with Gasteiger partial charge in [-0.1, -0.05) is 24.6 Å². The molecule has 0 spiro atoms. The summed E-state index contributed by atoms with van der Waals surface area (Å²) in [6.45, 7) is 0.440. The zero-order valence-electron chi connectivity index (χ0n) is 14.9. The van der Waals surface area contributed by atoms with Crippen molar-refractivity contribution in [2.75, 3.05) is 25.1 Å². The molecular weight excluding hydrogens is 346 g/mol. The highest BCUT2D eigenvalue weighted by Gasteiger charge is 2.23. The number of nitrogens with zero attached hydrogens (tertiary/aromatic N) is 3. The minimum absolute atomic E-state index is 0.000361. The van der Waals surface area contributed by atoms with Crippen molar-refractivity contribution in [2.45, 2.75) is 32.1 Å². The van der Waals surface area contributed by atoms with Crippen LogP contribution in [0.15, 0.2) is 35.1 Å². The third-order valence-electron chi connectivity index (χ3n) is 5.01. The Morgan fingerprint density at radius 2 is 1.96 bits per heavy atom. The van der Waals surface area contributed by atoms with Gasteiger partial charge < -0.3 is 10.0 Å². The topological polar surface area (TPSA) is 58.4 Å². The Labute approximate surface area is 156 Å². The Kier molecular flexibility index (Phi) is 4.78. The molecular formula is C20H23N3O2S. The molecule has 0 bridgehead atoms. The van der Waals surface area contributed by atoms with Gasteiger partial charge in [0.1, 0.15) is 4.83 Å². The van der Waals surface area contributed by atoms with Gasteiger partial charge in [0, 0.05) is 18.5 Å². The van der Waals surface area contributed by atoms with E-state index in [1.807, 2.05) is 42.3 Å². The van der Waals surface area contributed by atoms with Crippen molar-refractivity contribution < 1.29 is 5.11 Å². The number of fused-ring (bicyclic) bond motifs is 3. The highest BCUT2D eigenvalue weighted by Crippen LogP contribution is 2.34. The van der Waals surface area contributed by atoms with Crippen LogP contribution in [0, 0.1) is 0 Å². The molecule has 2 aromatic heterocycles. The molecule has 0 saturated heterocycles. The van der Waals surface area contributed by atoms with Crippen LogP contribution in [-0.4, -0.2) is 34.9 Å². The van der Waals surface area contributed by atoms with Crippen LogP contribution in [0.1, 0.15) is 29.7 Å². The zero-order chi connectivity index (χ0) is 18.1. The van der Waals surface area contributed by atoms with Crippen molar-refractivity contribution in [3.8, 4) is 5.69 Å². The fraction of sp³-hybridized carbons (Fsp3) is 0.400. The number of likely N-dealkylation sites (N-methyl/N-ethyl adjacent to an activating group) is 1. The Bertz CT molecular complexity index is 978. The van der Waals surface area contributed by atoms with Crippen molar-refractivity contribution in [2.24, 2.45) is 0 Å². The molecule has 0 unspecified atom stereocenters. The van der Waals surface area contributed by atoms with E-state index >= 15 is 0 Å². The van der Waals surface area contributed by atoms with Crippen LogP contribution in [0.2, 0.25) is 0 Å². The van der Waals surface area contributed by atoms with Gasteiger partial charge in [0.2, 0.25) is 5.95 Å². The molecule has 0 atom stereocenters. The molecule has 0 amide bonds. The van der Waals surface area contributed by atoms with Crippen molar-refractivity contribution in [1.82, 2.24) is 9.55 Å². The predicted molar refractivity (Wildman–Crippen MR) is 107 cm³/mol. The van der Waals surface area contributed by atoms with Crippen molar-refractivity contribution in [3.63, 3.8) is 0 Å². The number of aryl methyl sites for hydroxylation is 2. The highest BCUT2D eigenvalue weighted by molar-refractivity contribution is 7.18. The number of aromatic nitrogens is 2. The lowest BCUT2D eigenvalue weighted by Crippen LogP contribution is -2.31. The van der Waals surface area contributed by atoms with E-state index in [2.05, 4.69) is 0 Å². The second kappa shape index (κ2) is 7.21. The van der Waals surface area contributed by atoms with Crippen LogP contribution in [0.3, 0.4) is 0 Å². The molecule has 5 nitrogen and oxygen atoms in total. The van der Waals surface area contributed by atoms with E-state index in [9.17, 15) is 9.90 Å². The van der Waals surface area contributed by atoms with Gasteiger partial charge in [0.05, 0.1) is 17.7 Å². The molecule has 0 fully saturated rings. The van der Waals surface area contributed by atoms with Gasteiger partial charge >= 0.3 is 0 Å². The van der Waals surface area contributed by atoms with Crippen LogP contribution in [0.5, 0.6) is 0 Å². The van der Waals surface area contributed by atoms with E-state index < -0.39 is 0 Å². The summed E-state index contributed by atoms with van der Waals surface area (Å²) in [6.07, 6.45) is 5.55. The molecule has 6 heteroatoms. The molecule has 1 aliphatic carbocycles. The summed E-state index contributed by atoms with van der Waals surface area (Å²) in [5.41, 5.74) is 2.02. The molecule has 1 aliphatic rings. The summed E-state index contributed by atoms with van der Waals surface area (Å²) >= 11 is 1.67. The lowest BCUT2D eigenvalue weighted by molar-refractivity contribution is 0.303. The largest absolute Gasteiger partial charge is 0.395 e. The Morgan fingerprint density at radius 1 is 1.19 bits per heavy atom. The number of rotatable bonds is 4. The summed E-state index contributed by atoms with van der Waals surface area (Å²) in [5.74, 6) is 0.583. The number of anilines is 1. The normalized spacial score (nSPS) is 14.2. The molecule has 2 heterocycles. The SMILES string of the molecule is CN(CCO)c1nc2sc3c(c2c(=O)n1-c1ccccc1)CCCCC3. The first-order valence-corrected chi connectivity index (χ1v) is 9.97. The molecule has 1 aromatic carbocycles. The number of thiophene rings is 1. The maximum atomic E-state index is 13.5. The number of aliphatic hydroxyl groups is 1. The number of para-hydroxylation sites is 1. The average Bonchev–Trinajstić information content (AvgIpc) is 2.84. The summed E-state index contributed by atoms with van der Waals surface area (Å²) in [5, 5.41) is 10.1. The third kappa shape index (κ3) is 2.93. The van der Waals surface area contributed by atoms with Gasteiger partial charge in [0.15, 0.2) is 0 Å². The van der Waals surface area contributed by atoms with E-state index in [1.165, 1.54) is 23.3 Å². The summed E-state index contributed by atoms with van der Waals surface area (Å²) in [6, 6.07) is 9.65. The van der Waals surface area contributed by atoms with E-state index in [-0.39, 0.29) is 12.2 Å². The van der Waals surface area contributed by atoms with Gasteiger partial charge in [-0.2, -0.15) is 0 Å². The standard InChI is InChI=1S/C20H23N3O2S/c1-22(12-13-24)20-21-18-17(15-10-6-3-7-11-16(15)26-18)19(25)23(20)14-8-4-2-5-9-14/h2,4-5,8-9,24H,3,6-7,10-13H2,1H3. The van der Waals surface area contributed by atoms with Gasteiger partial charge in [-0.3, -0.25) is 4.79 Å². The number of aliphatic hydroxyl groups excluding tert-OH is 1. The molecule has 3 aromatic rings. The monoisotopic (exact) mass is 369 g/mol. The highest BCUT2D eigenvalue weighted by atomic mass is 32.1. The Hall–Kier alpha value is -2.18. The fourth-order valence-corrected chi connectivity index (χ4v) is 4.93. The van der Waals surface area contributed by atoms with Crippen LogP contribution in [0.4, 0.5) is 5.95 Å². The van der Waals surface area contributed by atoms with Gasteiger partial charge in [-0.05, 0) is 43.4 Å². The van der Waals surface area contributed by atoms with Crippen molar-refractivity contribution >= 4 is 27.5 Å². The molecule has 136 valence electrons. The fourth-order valence-electron chi connectivity index (χ4n) is 3.69. The van der Waals surface area contributed by atoms with E-state index in [0.717, 1.165) is 35.2 Å². The predicted octanol–water partition coefficient (Wildman–Crippen LogP) is 3.14. The number of hydrogen-bond acceptors (Lipinski definition) is 5. The second-order valence-electron chi connectivity index (χ2n) is 6.78. The maximum absolute atomic E-state index is 13.5. The molecule has 1 N–H and O–H groups in total. The first kappa shape index (κ1) is 17.2. The third-order valence-corrected chi connectivity index (χ3v) is 6.20. The van der Waals surface area contributed by atoms with E-state index in [4.69, 9.17) is 4.98 Å². The lowest BCUT2D eigenvalue weighted by atomic mass is 10.1. The summed E-state index contributed by atoms with van der Waals surface area (Å²) in [7, 11) is 1.86. The van der Waals surface area contributed by atoms with Gasteiger partial charge in [0.25, 0.3) is 5.56 Å². The van der Waals surface area contributed by atoms with Crippen LogP contribution < -0.4 is 10.5 Å². The summed E-state index contributed by atoms with van der Waals surface area (Å²) < 4.78 is 1.69. The lowest BCUT2D eigenvalue weighted by Gasteiger charge is -2.21. The first-order chi connectivity index (χ1) is 12.7. The molecule has 26 heavy (non-hydrogen) atoms. The van der Waals surface area contributed by atoms with Crippen LogP contribution in [-0.2, 0) is 12.8 Å². The van der Waals surface area contributed by atoms with E-state index in [0.29, 0.717) is 12.5 Å².